The molecule has 0 radical (unpaired) electrons. The molecule has 1 aromatic heterocycles. The number of hydrogen-bond donors (Lipinski definition) is 2. The Labute approximate surface area is 144 Å². The summed E-state index contributed by atoms with van der Waals surface area (Å²) in [5.41, 5.74) is 1.62. The maximum atomic E-state index is 12.4. The van der Waals surface area contributed by atoms with Crippen LogP contribution < -0.4 is 10.6 Å². The first-order valence-electron chi connectivity index (χ1n) is 7.51. The van der Waals surface area contributed by atoms with Crippen molar-refractivity contribution in [3.8, 4) is 0 Å². The number of fused-ring (bicyclic) bond motifs is 1. The fourth-order valence-electron chi connectivity index (χ4n) is 2.95. The van der Waals surface area contributed by atoms with Crippen LogP contribution in [0.2, 0.25) is 0 Å². The third-order valence-corrected chi connectivity index (χ3v) is 5.08. The lowest BCUT2D eigenvalue weighted by molar-refractivity contribution is -0.131. The van der Waals surface area contributed by atoms with E-state index in [2.05, 4.69) is 15.6 Å². The highest BCUT2D eigenvalue weighted by molar-refractivity contribution is 7.99. The SMILES string of the molecule is Cl.O=C([C@@H]1C[C@H](Nc2nc3ccccc3o2)CN1)N1CCSC1. The lowest BCUT2D eigenvalue weighted by Crippen LogP contribution is -2.42. The van der Waals surface area contributed by atoms with Crippen molar-refractivity contribution in [3.63, 3.8) is 0 Å². The number of anilines is 1. The van der Waals surface area contributed by atoms with Crippen LogP contribution in [-0.2, 0) is 4.79 Å². The minimum absolute atomic E-state index is 0. The molecule has 2 fully saturated rings. The first-order valence-corrected chi connectivity index (χ1v) is 8.67. The van der Waals surface area contributed by atoms with Crippen LogP contribution in [0.3, 0.4) is 0 Å². The maximum Gasteiger partial charge on any atom is 0.295 e. The van der Waals surface area contributed by atoms with Crippen molar-refractivity contribution in [3.05, 3.63) is 24.3 Å². The second kappa shape index (κ2) is 6.98. The van der Waals surface area contributed by atoms with Crippen LogP contribution in [0.5, 0.6) is 0 Å². The summed E-state index contributed by atoms with van der Waals surface area (Å²) in [5, 5.41) is 6.59. The van der Waals surface area contributed by atoms with Gasteiger partial charge in [0, 0.05) is 24.9 Å². The third-order valence-electron chi connectivity index (χ3n) is 4.11. The Morgan fingerprint density at radius 3 is 3.09 bits per heavy atom. The first-order chi connectivity index (χ1) is 10.8. The summed E-state index contributed by atoms with van der Waals surface area (Å²) in [6.45, 7) is 1.61. The number of rotatable bonds is 3. The molecule has 0 unspecified atom stereocenters. The minimum atomic E-state index is -0.0967. The predicted molar refractivity (Wildman–Crippen MR) is 94.1 cm³/mol. The second-order valence-electron chi connectivity index (χ2n) is 5.66. The van der Waals surface area contributed by atoms with Crippen LogP contribution in [0, 0.1) is 0 Å². The quantitative estimate of drug-likeness (QED) is 0.877. The van der Waals surface area contributed by atoms with E-state index in [0.717, 1.165) is 42.2 Å². The van der Waals surface area contributed by atoms with Gasteiger partial charge in [0.2, 0.25) is 5.91 Å². The molecule has 0 aliphatic carbocycles. The van der Waals surface area contributed by atoms with Crippen molar-refractivity contribution in [1.82, 2.24) is 15.2 Å². The number of nitrogens with one attached hydrogen (secondary N) is 2. The van der Waals surface area contributed by atoms with E-state index >= 15 is 0 Å². The van der Waals surface area contributed by atoms with Gasteiger partial charge in [0.15, 0.2) is 5.58 Å². The molecule has 1 amide bonds. The van der Waals surface area contributed by atoms with E-state index in [-0.39, 0.29) is 30.4 Å². The molecule has 1 aromatic carbocycles. The highest BCUT2D eigenvalue weighted by Gasteiger charge is 2.33. The molecule has 2 aliphatic heterocycles. The summed E-state index contributed by atoms with van der Waals surface area (Å²) >= 11 is 1.81. The molecule has 2 saturated heterocycles. The number of carbonyl (C=O) groups is 1. The van der Waals surface area contributed by atoms with Gasteiger partial charge in [-0.15, -0.1) is 24.2 Å². The van der Waals surface area contributed by atoms with Crippen LogP contribution in [0.25, 0.3) is 11.1 Å². The third kappa shape index (κ3) is 3.41. The van der Waals surface area contributed by atoms with Crippen molar-refractivity contribution in [2.75, 3.05) is 30.0 Å². The minimum Gasteiger partial charge on any atom is -0.424 e. The molecule has 3 heterocycles. The van der Waals surface area contributed by atoms with Crippen molar-refractivity contribution < 1.29 is 9.21 Å². The van der Waals surface area contributed by atoms with Crippen LogP contribution >= 0.6 is 24.2 Å². The van der Waals surface area contributed by atoms with Gasteiger partial charge in [0.1, 0.15) is 5.52 Å². The van der Waals surface area contributed by atoms with E-state index in [9.17, 15) is 4.79 Å². The maximum absolute atomic E-state index is 12.4. The monoisotopic (exact) mass is 354 g/mol. The Hall–Kier alpha value is -1.44. The highest BCUT2D eigenvalue weighted by atomic mass is 35.5. The van der Waals surface area contributed by atoms with Gasteiger partial charge in [-0.05, 0) is 18.6 Å². The fraction of sp³-hybridized carbons (Fsp3) is 0.467. The summed E-state index contributed by atoms with van der Waals surface area (Å²) in [6, 6.07) is 8.29. The molecule has 0 saturated carbocycles. The topological polar surface area (TPSA) is 70.4 Å². The fourth-order valence-corrected chi connectivity index (χ4v) is 3.91. The molecule has 4 rings (SSSR count). The van der Waals surface area contributed by atoms with Gasteiger partial charge >= 0.3 is 0 Å². The molecular formula is C15H19ClN4O2S. The predicted octanol–water partition coefficient (Wildman–Crippen LogP) is 1.92. The molecule has 2 aliphatic rings. The van der Waals surface area contributed by atoms with Gasteiger partial charge in [-0.3, -0.25) is 4.79 Å². The Morgan fingerprint density at radius 2 is 2.30 bits per heavy atom. The molecule has 124 valence electrons. The lowest BCUT2D eigenvalue weighted by Gasteiger charge is -2.19. The summed E-state index contributed by atoms with van der Waals surface area (Å²) in [4.78, 5) is 18.7. The van der Waals surface area contributed by atoms with Gasteiger partial charge < -0.3 is 20.0 Å². The smallest absolute Gasteiger partial charge is 0.295 e. The largest absolute Gasteiger partial charge is 0.424 e. The Bertz CT molecular complexity index is 656. The van der Waals surface area contributed by atoms with Crippen molar-refractivity contribution in [1.29, 1.82) is 0 Å². The number of carbonyl (C=O) groups excluding carboxylic acids is 1. The van der Waals surface area contributed by atoms with Crippen LogP contribution in [0.4, 0.5) is 6.01 Å². The number of hydrogen-bond acceptors (Lipinski definition) is 6. The van der Waals surface area contributed by atoms with Gasteiger partial charge in [-0.1, -0.05) is 12.1 Å². The Balaban J connectivity index is 0.00000156. The van der Waals surface area contributed by atoms with Gasteiger partial charge in [0.25, 0.3) is 6.01 Å². The molecular weight excluding hydrogens is 336 g/mol. The number of amides is 1. The van der Waals surface area contributed by atoms with E-state index in [1.165, 1.54) is 0 Å². The number of oxazole rings is 1. The molecule has 6 nitrogen and oxygen atoms in total. The summed E-state index contributed by atoms with van der Waals surface area (Å²) in [5.74, 6) is 2.08. The Kier molecular flexibility index (Phi) is 4.99. The summed E-state index contributed by atoms with van der Waals surface area (Å²) < 4.78 is 5.68. The van der Waals surface area contributed by atoms with E-state index in [1.54, 1.807) is 0 Å². The number of aromatic nitrogens is 1. The standard InChI is InChI=1S/C15H18N4O2S.ClH/c20-14(19-5-6-22-9-19)12-7-10(8-16-12)17-15-18-11-3-1-2-4-13(11)21-15;/h1-4,10,12,16H,5-9H2,(H,17,18);1H/t10-,12-;/m0./s1. The molecule has 2 N–H and O–H groups in total. The zero-order valence-corrected chi connectivity index (χ0v) is 14.2. The lowest BCUT2D eigenvalue weighted by atomic mass is 10.1. The average Bonchev–Trinajstić information content (AvgIpc) is 3.27. The van der Waals surface area contributed by atoms with E-state index in [1.807, 2.05) is 40.9 Å². The van der Waals surface area contributed by atoms with Gasteiger partial charge in [-0.2, -0.15) is 4.98 Å². The number of benzene rings is 1. The molecule has 0 spiro atoms. The number of halogens is 1. The first kappa shape index (κ1) is 16.4. The van der Waals surface area contributed by atoms with Crippen LogP contribution in [-0.4, -0.2) is 52.6 Å². The average molecular weight is 355 g/mol. The molecule has 8 heteroatoms. The van der Waals surface area contributed by atoms with Crippen molar-refractivity contribution >= 4 is 47.2 Å². The van der Waals surface area contributed by atoms with E-state index in [4.69, 9.17) is 4.42 Å². The summed E-state index contributed by atoms with van der Waals surface area (Å²) in [6.07, 6.45) is 0.763. The molecule has 23 heavy (non-hydrogen) atoms. The zero-order valence-electron chi connectivity index (χ0n) is 12.5. The van der Waals surface area contributed by atoms with Crippen LogP contribution in [0.1, 0.15) is 6.42 Å². The van der Waals surface area contributed by atoms with Crippen molar-refractivity contribution in [2.45, 2.75) is 18.5 Å². The van der Waals surface area contributed by atoms with E-state index < -0.39 is 0 Å². The number of nitrogens with zero attached hydrogens (tertiary/aromatic N) is 2. The highest BCUT2D eigenvalue weighted by Crippen LogP contribution is 2.22. The molecule has 2 aromatic rings. The second-order valence-corrected chi connectivity index (χ2v) is 6.74. The molecule has 2 atom stereocenters. The Morgan fingerprint density at radius 1 is 1.43 bits per heavy atom. The van der Waals surface area contributed by atoms with Crippen LogP contribution in [0.15, 0.2) is 28.7 Å². The zero-order chi connectivity index (χ0) is 14.9. The van der Waals surface area contributed by atoms with E-state index in [0.29, 0.717) is 6.01 Å². The van der Waals surface area contributed by atoms with Gasteiger partial charge in [-0.25, -0.2) is 0 Å². The van der Waals surface area contributed by atoms with Crippen molar-refractivity contribution in [2.24, 2.45) is 0 Å². The van der Waals surface area contributed by atoms with Gasteiger partial charge in [0.05, 0.1) is 11.9 Å². The molecule has 0 bridgehead atoms. The number of para-hydroxylation sites is 2. The number of thioether (sulfide) groups is 1. The normalized spacial score (nSPS) is 23.9. The summed E-state index contributed by atoms with van der Waals surface area (Å²) in [7, 11) is 0.